The predicted octanol–water partition coefficient (Wildman–Crippen LogP) is 1.87. The van der Waals surface area contributed by atoms with Crippen LogP contribution in [0.4, 0.5) is 5.69 Å². The predicted molar refractivity (Wildman–Crippen MR) is 66.6 cm³/mol. The quantitative estimate of drug-likeness (QED) is 0.816. The third kappa shape index (κ3) is 2.16. The lowest BCUT2D eigenvalue weighted by Gasteiger charge is -1.98. The number of nitrogens with two attached hydrogens (primary N) is 1. The van der Waals surface area contributed by atoms with Crippen molar-refractivity contribution in [1.29, 1.82) is 0 Å². The number of benzene rings is 1. The lowest BCUT2D eigenvalue weighted by atomic mass is 10.1. The third-order valence-corrected chi connectivity index (χ3v) is 3.10. The van der Waals surface area contributed by atoms with E-state index in [1.165, 1.54) is 12.8 Å². The molecule has 1 aromatic heterocycles. The summed E-state index contributed by atoms with van der Waals surface area (Å²) in [6, 6.07) is 7.90. The Morgan fingerprint density at radius 1 is 1.41 bits per heavy atom. The first-order valence-corrected chi connectivity index (χ1v) is 5.96. The number of aryl methyl sites for hydroxylation is 1. The van der Waals surface area contributed by atoms with Gasteiger partial charge in [0.15, 0.2) is 5.82 Å². The van der Waals surface area contributed by atoms with Gasteiger partial charge in [0.2, 0.25) is 0 Å². The Hall–Kier alpha value is -1.84. The van der Waals surface area contributed by atoms with E-state index in [9.17, 15) is 0 Å². The minimum atomic E-state index is 0.641. The van der Waals surface area contributed by atoms with E-state index in [2.05, 4.69) is 16.1 Å². The van der Waals surface area contributed by atoms with Crippen LogP contribution >= 0.6 is 0 Å². The summed E-state index contributed by atoms with van der Waals surface area (Å²) in [6.07, 6.45) is 3.26. The maximum atomic E-state index is 5.76. The van der Waals surface area contributed by atoms with E-state index in [0.29, 0.717) is 5.92 Å². The molecular weight excluding hydrogens is 212 g/mol. The van der Waals surface area contributed by atoms with Gasteiger partial charge in [0.1, 0.15) is 5.82 Å². The van der Waals surface area contributed by atoms with Crippen LogP contribution in [0.25, 0.3) is 0 Å². The Kier molecular flexibility index (Phi) is 2.35. The van der Waals surface area contributed by atoms with Gasteiger partial charge in [0.25, 0.3) is 0 Å². The molecule has 0 unspecified atom stereocenters. The van der Waals surface area contributed by atoms with Crippen molar-refractivity contribution in [2.75, 3.05) is 5.73 Å². The molecule has 1 fully saturated rings. The Morgan fingerprint density at radius 2 is 2.24 bits per heavy atom. The van der Waals surface area contributed by atoms with Crippen LogP contribution in [0.3, 0.4) is 0 Å². The molecule has 17 heavy (non-hydrogen) atoms. The Morgan fingerprint density at radius 3 is 2.94 bits per heavy atom. The average molecular weight is 228 g/mol. The normalized spacial score (nSPS) is 15.1. The molecule has 4 heteroatoms. The standard InChI is InChI=1S/C13H16N4/c1-17-13(10-5-6-10)15-12(16-17)8-9-3-2-4-11(14)7-9/h2-4,7,10H,5-6,8,14H2,1H3. The van der Waals surface area contributed by atoms with Crippen molar-refractivity contribution in [1.82, 2.24) is 14.8 Å². The largest absolute Gasteiger partial charge is 0.399 e. The van der Waals surface area contributed by atoms with Gasteiger partial charge in [-0.3, -0.25) is 4.68 Å². The maximum absolute atomic E-state index is 5.76. The van der Waals surface area contributed by atoms with Crippen LogP contribution < -0.4 is 5.73 Å². The second-order valence-corrected chi connectivity index (χ2v) is 4.71. The molecule has 0 atom stereocenters. The molecule has 3 rings (SSSR count). The van der Waals surface area contributed by atoms with E-state index < -0.39 is 0 Å². The van der Waals surface area contributed by atoms with E-state index in [-0.39, 0.29) is 0 Å². The molecule has 1 aromatic carbocycles. The van der Waals surface area contributed by atoms with Gasteiger partial charge < -0.3 is 5.73 Å². The molecule has 1 aliphatic carbocycles. The molecule has 4 nitrogen and oxygen atoms in total. The van der Waals surface area contributed by atoms with Crippen LogP contribution in [-0.2, 0) is 13.5 Å². The van der Waals surface area contributed by atoms with Gasteiger partial charge >= 0.3 is 0 Å². The van der Waals surface area contributed by atoms with Gasteiger partial charge in [-0.15, -0.1) is 0 Å². The van der Waals surface area contributed by atoms with Crippen molar-refractivity contribution >= 4 is 5.69 Å². The number of hydrogen-bond acceptors (Lipinski definition) is 3. The Labute approximate surface area is 100 Å². The summed E-state index contributed by atoms with van der Waals surface area (Å²) in [5, 5.41) is 4.46. The highest BCUT2D eigenvalue weighted by Gasteiger charge is 2.28. The fourth-order valence-corrected chi connectivity index (χ4v) is 2.11. The number of rotatable bonds is 3. The van der Waals surface area contributed by atoms with Crippen molar-refractivity contribution in [3.05, 3.63) is 41.5 Å². The summed E-state index contributed by atoms with van der Waals surface area (Å²) >= 11 is 0. The third-order valence-electron chi connectivity index (χ3n) is 3.10. The molecule has 1 heterocycles. The Balaban J connectivity index is 1.83. The monoisotopic (exact) mass is 228 g/mol. The Bertz CT molecular complexity index is 540. The SMILES string of the molecule is Cn1nc(Cc2cccc(N)c2)nc1C1CC1. The second-order valence-electron chi connectivity index (χ2n) is 4.71. The van der Waals surface area contributed by atoms with Gasteiger partial charge in [-0.05, 0) is 30.5 Å². The van der Waals surface area contributed by atoms with E-state index in [4.69, 9.17) is 5.73 Å². The molecule has 0 spiro atoms. The van der Waals surface area contributed by atoms with Gasteiger partial charge in [-0.1, -0.05) is 12.1 Å². The molecule has 2 N–H and O–H groups in total. The number of hydrogen-bond donors (Lipinski definition) is 1. The zero-order chi connectivity index (χ0) is 11.8. The van der Waals surface area contributed by atoms with Crippen LogP contribution in [0.2, 0.25) is 0 Å². The minimum absolute atomic E-state index is 0.641. The number of nitrogens with zero attached hydrogens (tertiary/aromatic N) is 3. The lowest BCUT2D eigenvalue weighted by molar-refractivity contribution is 0.698. The fourth-order valence-electron chi connectivity index (χ4n) is 2.11. The van der Waals surface area contributed by atoms with Crippen LogP contribution in [0, 0.1) is 0 Å². The van der Waals surface area contributed by atoms with Crippen molar-refractivity contribution in [3.8, 4) is 0 Å². The summed E-state index contributed by atoms with van der Waals surface area (Å²) in [5.74, 6) is 2.66. The van der Waals surface area contributed by atoms with Crippen LogP contribution in [-0.4, -0.2) is 14.8 Å². The van der Waals surface area contributed by atoms with Gasteiger partial charge in [0, 0.05) is 25.1 Å². The van der Waals surface area contributed by atoms with Gasteiger partial charge in [-0.25, -0.2) is 4.98 Å². The van der Waals surface area contributed by atoms with Crippen LogP contribution in [0.1, 0.15) is 36.0 Å². The lowest BCUT2D eigenvalue weighted by Crippen LogP contribution is -1.97. The number of nitrogen functional groups attached to an aromatic ring is 1. The van der Waals surface area contributed by atoms with Crippen molar-refractivity contribution in [2.24, 2.45) is 7.05 Å². The van der Waals surface area contributed by atoms with E-state index in [0.717, 1.165) is 29.3 Å². The summed E-state index contributed by atoms with van der Waals surface area (Å²) in [5.41, 5.74) is 7.72. The maximum Gasteiger partial charge on any atom is 0.155 e. The molecule has 0 radical (unpaired) electrons. The average Bonchev–Trinajstić information content (AvgIpc) is 3.04. The number of aromatic nitrogens is 3. The highest BCUT2D eigenvalue weighted by Crippen LogP contribution is 2.38. The van der Waals surface area contributed by atoms with Gasteiger partial charge in [0.05, 0.1) is 0 Å². The van der Waals surface area contributed by atoms with Crippen LogP contribution in [0.5, 0.6) is 0 Å². The molecule has 0 amide bonds. The smallest absolute Gasteiger partial charge is 0.155 e. The van der Waals surface area contributed by atoms with Crippen molar-refractivity contribution < 1.29 is 0 Å². The molecule has 1 saturated carbocycles. The van der Waals surface area contributed by atoms with E-state index in [1.807, 2.05) is 29.9 Å². The first-order chi connectivity index (χ1) is 8.22. The molecule has 0 aliphatic heterocycles. The summed E-state index contributed by atoms with van der Waals surface area (Å²) in [7, 11) is 1.98. The molecule has 88 valence electrons. The van der Waals surface area contributed by atoms with E-state index >= 15 is 0 Å². The zero-order valence-corrected chi connectivity index (χ0v) is 9.93. The highest BCUT2D eigenvalue weighted by atomic mass is 15.3. The first-order valence-electron chi connectivity index (χ1n) is 5.96. The molecular formula is C13H16N4. The molecule has 0 bridgehead atoms. The summed E-state index contributed by atoms with van der Waals surface area (Å²) in [6.45, 7) is 0. The second kappa shape index (κ2) is 3.87. The summed E-state index contributed by atoms with van der Waals surface area (Å²) in [4.78, 5) is 4.61. The zero-order valence-electron chi connectivity index (χ0n) is 9.93. The molecule has 2 aromatic rings. The minimum Gasteiger partial charge on any atom is -0.399 e. The fraction of sp³-hybridized carbons (Fsp3) is 0.385. The van der Waals surface area contributed by atoms with Crippen molar-refractivity contribution in [2.45, 2.75) is 25.2 Å². The van der Waals surface area contributed by atoms with Gasteiger partial charge in [-0.2, -0.15) is 5.10 Å². The van der Waals surface area contributed by atoms with Crippen molar-refractivity contribution in [3.63, 3.8) is 0 Å². The first kappa shape index (κ1) is 10.3. The highest BCUT2D eigenvalue weighted by molar-refractivity contribution is 5.41. The molecule has 0 saturated heterocycles. The van der Waals surface area contributed by atoms with E-state index in [1.54, 1.807) is 0 Å². The molecule has 1 aliphatic rings. The topological polar surface area (TPSA) is 56.7 Å². The summed E-state index contributed by atoms with van der Waals surface area (Å²) < 4.78 is 1.92. The number of anilines is 1. The van der Waals surface area contributed by atoms with Crippen LogP contribution in [0.15, 0.2) is 24.3 Å².